The number of nitrogens with zero attached hydrogens (tertiary/aromatic N) is 2. The number of oxime groups is 1. The number of nitrogens with one attached hydrogen (secondary N) is 2. The molecule has 1 aromatic heterocycles. The summed E-state index contributed by atoms with van der Waals surface area (Å²) in [7, 11) is -0.533. The molecule has 2 amide bonds. The molecule has 43 heavy (non-hydrogen) atoms. The Hall–Kier alpha value is -2.76. The van der Waals surface area contributed by atoms with Crippen LogP contribution in [0.25, 0.3) is 0 Å². The van der Waals surface area contributed by atoms with E-state index in [1.54, 1.807) is 6.20 Å². The van der Waals surface area contributed by atoms with Crippen molar-refractivity contribution in [3.63, 3.8) is 0 Å². The number of thiazole rings is 1. The van der Waals surface area contributed by atoms with Crippen molar-refractivity contribution < 1.29 is 23.7 Å². The standard InChI is InChI=1S/C32H43BN4O5S/c1-19(2)12-27(33-40-26-14-22-13-25(30(22,4)5)31(26,6)41-33)36-29(39)32(15-21-10-8-7-9-11-21)16-23(37-42-32)17-35-28(38)24-18-34-20(3)43-24/h7-11,18-19,22,25-27H,12-17H2,1-6H3,(H,35,38)(H,36,39)/t22-,25-,26+,27-,31-,32?/m0/s1. The summed E-state index contributed by atoms with van der Waals surface area (Å²) in [5.41, 5.74) is 0.193. The Morgan fingerprint density at radius 3 is 2.60 bits per heavy atom. The highest BCUT2D eigenvalue weighted by atomic mass is 32.1. The van der Waals surface area contributed by atoms with Crippen LogP contribution in [0.4, 0.5) is 0 Å². The van der Waals surface area contributed by atoms with Gasteiger partial charge in [0.05, 0.1) is 41.1 Å². The van der Waals surface area contributed by atoms with Crippen LogP contribution in [0.1, 0.15) is 80.5 Å². The number of aryl methyl sites for hydroxylation is 1. The lowest BCUT2D eigenvalue weighted by Crippen LogP contribution is -2.65. The molecule has 230 valence electrons. The maximum Gasteiger partial charge on any atom is 0.481 e. The Morgan fingerprint density at radius 2 is 1.93 bits per heavy atom. The second-order valence-electron chi connectivity index (χ2n) is 14.1. The lowest BCUT2D eigenvalue weighted by atomic mass is 9.43. The number of hydrogen-bond acceptors (Lipinski definition) is 8. The van der Waals surface area contributed by atoms with Crippen LogP contribution in [0.3, 0.4) is 0 Å². The highest BCUT2D eigenvalue weighted by Gasteiger charge is 2.68. The summed E-state index contributed by atoms with van der Waals surface area (Å²) in [6.07, 6.45) is 5.06. The minimum Gasteiger partial charge on any atom is -0.404 e. The predicted octanol–water partition coefficient (Wildman–Crippen LogP) is 4.74. The zero-order valence-corrected chi connectivity index (χ0v) is 26.8. The molecule has 5 aliphatic rings. The molecule has 1 unspecified atom stereocenters. The molecular formula is C32H43BN4O5S. The van der Waals surface area contributed by atoms with Gasteiger partial charge in [-0.2, -0.15) is 0 Å². The van der Waals surface area contributed by atoms with Gasteiger partial charge in [-0.25, -0.2) is 4.98 Å². The van der Waals surface area contributed by atoms with E-state index in [0.29, 0.717) is 41.2 Å². The van der Waals surface area contributed by atoms with E-state index in [-0.39, 0.29) is 47.8 Å². The Kier molecular flexibility index (Phi) is 7.96. The molecule has 2 aliphatic heterocycles. The molecule has 2 N–H and O–H groups in total. The van der Waals surface area contributed by atoms with E-state index in [0.717, 1.165) is 17.0 Å². The van der Waals surface area contributed by atoms with Crippen LogP contribution in [0.15, 0.2) is 41.7 Å². The SMILES string of the molecule is Cc1ncc(C(=O)NCC2=NOC(Cc3ccccc3)(C(=O)N[C@@H](CC(C)C)B3O[C@@H]4C[C@@H]5C[C@@H](C5(C)C)[C@]4(C)O3)C2)s1. The van der Waals surface area contributed by atoms with Gasteiger partial charge in [-0.1, -0.05) is 63.2 Å². The van der Waals surface area contributed by atoms with Crippen LogP contribution in [0.2, 0.25) is 0 Å². The van der Waals surface area contributed by atoms with Gasteiger partial charge >= 0.3 is 7.12 Å². The van der Waals surface area contributed by atoms with Crippen molar-refractivity contribution in [1.29, 1.82) is 0 Å². The average Bonchev–Trinajstić information content (AvgIpc) is 3.68. The quantitative estimate of drug-likeness (QED) is 0.378. The third-order valence-electron chi connectivity index (χ3n) is 10.2. The van der Waals surface area contributed by atoms with E-state index in [4.69, 9.17) is 14.1 Å². The molecule has 3 saturated carbocycles. The van der Waals surface area contributed by atoms with Crippen LogP contribution in [-0.2, 0) is 25.4 Å². The molecular weight excluding hydrogens is 563 g/mol. The molecule has 1 saturated heterocycles. The number of rotatable bonds is 10. The Bertz CT molecular complexity index is 1400. The van der Waals surface area contributed by atoms with Gasteiger partial charge in [0, 0.05) is 12.8 Å². The topological polar surface area (TPSA) is 111 Å². The molecule has 1 aromatic carbocycles. The number of benzene rings is 1. The lowest BCUT2D eigenvalue weighted by Gasteiger charge is -2.64. The highest BCUT2D eigenvalue weighted by molar-refractivity contribution is 7.13. The zero-order valence-electron chi connectivity index (χ0n) is 26.0. The molecule has 2 aromatic rings. The minimum absolute atomic E-state index is 0.0303. The molecule has 11 heteroatoms. The number of carbonyl (C=O) groups excluding carboxylic acids is 2. The summed E-state index contributed by atoms with van der Waals surface area (Å²) in [6, 6.07) is 9.82. The number of hydrogen-bond donors (Lipinski definition) is 2. The number of aromatic nitrogens is 1. The largest absolute Gasteiger partial charge is 0.481 e. The van der Waals surface area contributed by atoms with Crippen molar-refractivity contribution in [1.82, 2.24) is 15.6 Å². The summed E-state index contributed by atoms with van der Waals surface area (Å²) in [6.45, 7) is 13.2. The maximum absolute atomic E-state index is 14.3. The summed E-state index contributed by atoms with van der Waals surface area (Å²) in [5.74, 6) is 0.582. The van der Waals surface area contributed by atoms with Gasteiger partial charge in [0.1, 0.15) is 4.88 Å². The normalized spacial score (nSPS) is 31.1. The van der Waals surface area contributed by atoms with Crippen LogP contribution in [0.5, 0.6) is 0 Å². The molecule has 4 fully saturated rings. The second-order valence-corrected chi connectivity index (χ2v) is 15.3. The summed E-state index contributed by atoms with van der Waals surface area (Å²) < 4.78 is 13.4. The molecule has 3 heterocycles. The van der Waals surface area contributed by atoms with Crippen molar-refractivity contribution >= 4 is 36.0 Å². The van der Waals surface area contributed by atoms with E-state index in [1.807, 2.05) is 37.3 Å². The third kappa shape index (κ3) is 5.64. The van der Waals surface area contributed by atoms with Gasteiger partial charge < -0.3 is 24.8 Å². The van der Waals surface area contributed by atoms with Crippen molar-refractivity contribution in [2.45, 2.75) is 96.9 Å². The smallest absolute Gasteiger partial charge is 0.404 e. The first kappa shape index (κ1) is 30.3. The van der Waals surface area contributed by atoms with Crippen molar-refractivity contribution in [2.75, 3.05) is 6.54 Å². The maximum atomic E-state index is 14.3. The fourth-order valence-electron chi connectivity index (χ4n) is 7.72. The summed E-state index contributed by atoms with van der Waals surface area (Å²) in [4.78, 5) is 37.7. The molecule has 3 aliphatic carbocycles. The van der Waals surface area contributed by atoms with E-state index in [9.17, 15) is 9.59 Å². The molecule has 2 bridgehead atoms. The third-order valence-corrected chi connectivity index (χ3v) is 11.1. The average molecular weight is 607 g/mol. The summed E-state index contributed by atoms with van der Waals surface area (Å²) >= 11 is 1.34. The molecule has 0 radical (unpaired) electrons. The highest BCUT2D eigenvalue weighted by Crippen LogP contribution is 2.65. The first-order valence-corrected chi connectivity index (χ1v) is 16.3. The van der Waals surface area contributed by atoms with E-state index in [2.05, 4.69) is 55.4 Å². The number of amides is 2. The lowest BCUT2D eigenvalue weighted by molar-refractivity contribution is -0.199. The van der Waals surface area contributed by atoms with Crippen LogP contribution >= 0.6 is 11.3 Å². The fraction of sp³-hybridized carbons (Fsp3) is 0.625. The Balaban J connectivity index is 1.18. The molecule has 7 rings (SSSR count). The molecule has 6 atom stereocenters. The van der Waals surface area contributed by atoms with Gasteiger partial charge in [0.15, 0.2) is 0 Å². The Labute approximate surface area is 258 Å². The van der Waals surface area contributed by atoms with Gasteiger partial charge in [-0.15, -0.1) is 11.3 Å². The van der Waals surface area contributed by atoms with Gasteiger partial charge in [0.25, 0.3) is 11.8 Å². The second kappa shape index (κ2) is 11.3. The first-order chi connectivity index (χ1) is 20.4. The van der Waals surface area contributed by atoms with E-state index >= 15 is 0 Å². The zero-order chi connectivity index (χ0) is 30.6. The van der Waals surface area contributed by atoms with Gasteiger partial charge in [0.2, 0.25) is 5.60 Å². The molecule has 0 spiro atoms. The number of carbonyl (C=O) groups is 2. The van der Waals surface area contributed by atoms with Crippen molar-refractivity contribution in [3.8, 4) is 0 Å². The van der Waals surface area contributed by atoms with Crippen LogP contribution in [0, 0.1) is 30.1 Å². The van der Waals surface area contributed by atoms with Crippen molar-refractivity contribution in [3.05, 3.63) is 52.0 Å². The summed E-state index contributed by atoms with van der Waals surface area (Å²) in [5, 5.41) is 11.3. The van der Waals surface area contributed by atoms with E-state index in [1.165, 1.54) is 17.8 Å². The van der Waals surface area contributed by atoms with Crippen molar-refractivity contribution in [2.24, 2.45) is 28.3 Å². The van der Waals surface area contributed by atoms with Crippen LogP contribution in [-0.4, -0.2) is 59.4 Å². The first-order valence-electron chi connectivity index (χ1n) is 15.5. The fourth-order valence-corrected chi connectivity index (χ4v) is 8.41. The Morgan fingerprint density at radius 1 is 1.16 bits per heavy atom. The van der Waals surface area contributed by atoms with E-state index < -0.39 is 12.7 Å². The molecule has 9 nitrogen and oxygen atoms in total. The monoisotopic (exact) mass is 606 g/mol. The van der Waals surface area contributed by atoms with Crippen LogP contribution < -0.4 is 10.6 Å². The van der Waals surface area contributed by atoms with Gasteiger partial charge in [-0.05, 0) is 61.8 Å². The predicted molar refractivity (Wildman–Crippen MR) is 167 cm³/mol. The minimum atomic E-state index is -1.25. The van der Waals surface area contributed by atoms with Gasteiger partial charge in [-0.3, -0.25) is 9.59 Å².